The molecule has 0 spiro atoms. The fourth-order valence-electron chi connectivity index (χ4n) is 4.81. The zero-order valence-corrected chi connectivity index (χ0v) is 22.4. The van der Waals surface area contributed by atoms with Crippen LogP contribution in [0.1, 0.15) is 37.7 Å². The SMILES string of the molecule is NC(N)=NCCCC(NC(=O)C1CCCN1C(=O)C(Cc1c[nH]c2ccccc12)NC(=O)C(N)CC(=O)O)C(=O)O. The van der Waals surface area contributed by atoms with E-state index in [1.165, 1.54) is 4.90 Å². The van der Waals surface area contributed by atoms with Gasteiger partial charge in [0.1, 0.15) is 18.1 Å². The van der Waals surface area contributed by atoms with Crippen LogP contribution in [-0.2, 0) is 30.4 Å². The molecule has 3 amide bonds. The van der Waals surface area contributed by atoms with Gasteiger partial charge < -0.3 is 47.9 Å². The molecule has 1 aromatic heterocycles. The number of nitrogens with one attached hydrogen (secondary N) is 3. The molecule has 2 aromatic rings. The number of rotatable bonds is 14. The number of H-pyrrole nitrogens is 1. The van der Waals surface area contributed by atoms with Crippen LogP contribution in [0.2, 0.25) is 0 Å². The van der Waals surface area contributed by atoms with Gasteiger partial charge in [-0.3, -0.25) is 24.2 Å². The molecule has 1 fully saturated rings. The first-order chi connectivity index (χ1) is 19.5. The highest BCUT2D eigenvalue weighted by Gasteiger charge is 2.39. The first kappa shape index (κ1) is 30.9. The van der Waals surface area contributed by atoms with Gasteiger partial charge in [0.2, 0.25) is 17.7 Å². The molecule has 11 N–H and O–H groups in total. The fourth-order valence-corrected chi connectivity index (χ4v) is 4.81. The summed E-state index contributed by atoms with van der Waals surface area (Å²) in [4.78, 5) is 70.8. The summed E-state index contributed by atoms with van der Waals surface area (Å²) in [6, 6.07) is 2.65. The van der Waals surface area contributed by atoms with Crippen LogP contribution in [0.4, 0.5) is 0 Å². The molecular weight excluding hydrogens is 536 g/mol. The van der Waals surface area contributed by atoms with Crippen LogP contribution >= 0.6 is 0 Å². The van der Waals surface area contributed by atoms with E-state index in [1.807, 2.05) is 24.3 Å². The van der Waals surface area contributed by atoms with Crippen LogP contribution < -0.4 is 27.8 Å². The van der Waals surface area contributed by atoms with E-state index >= 15 is 0 Å². The van der Waals surface area contributed by atoms with E-state index in [9.17, 15) is 29.1 Å². The number of carboxylic acids is 2. The number of carboxylic acid groups (broad SMARTS) is 2. The number of nitrogens with zero attached hydrogens (tertiary/aromatic N) is 2. The average Bonchev–Trinajstić information content (AvgIpc) is 3.56. The molecule has 222 valence electrons. The van der Waals surface area contributed by atoms with Crippen molar-refractivity contribution in [3.05, 3.63) is 36.0 Å². The standard InChI is InChI=1S/C26H36N8O7/c27-16(12-21(35)36)22(37)33-19(11-14-13-31-17-6-2-1-5-15(14)17)24(39)34-10-4-8-20(34)23(38)32-18(25(40)41)7-3-9-30-26(28)29/h1-2,5-6,13,16,18-20,31H,3-4,7-12,27H2,(H,32,38)(H,33,37)(H,35,36)(H,40,41)(H4,28,29,30). The summed E-state index contributed by atoms with van der Waals surface area (Å²) in [7, 11) is 0. The van der Waals surface area contributed by atoms with Crippen molar-refractivity contribution >= 4 is 46.5 Å². The van der Waals surface area contributed by atoms with Crippen LogP contribution in [0.25, 0.3) is 10.9 Å². The molecule has 2 heterocycles. The van der Waals surface area contributed by atoms with Gasteiger partial charge in [0.25, 0.3) is 0 Å². The zero-order chi connectivity index (χ0) is 30.1. The molecule has 15 nitrogen and oxygen atoms in total. The lowest BCUT2D eigenvalue weighted by molar-refractivity contribution is -0.145. The number of hydrogen-bond acceptors (Lipinski definition) is 7. The topological polar surface area (TPSA) is 259 Å². The molecule has 1 aromatic carbocycles. The molecule has 4 unspecified atom stereocenters. The van der Waals surface area contributed by atoms with Gasteiger partial charge in [-0.25, -0.2) is 4.79 Å². The monoisotopic (exact) mass is 572 g/mol. The van der Waals surface area contributed by atoms with Crippen molar-refractivity contribution in [2.24, 2.45) is 22.2 Å². The number of para-hydroxylation sites is 1. The predicted octanol–water partition coefficient (Wildman–Crippen LogP) is -1.39. The van der Waals surface area contributed by atoms with Crippen molar-refractivity contribution in [1.82, 2.24) is 20.5 Å². The molecule has 41 heavy (non-hydrogen) atoms. The van der Waals surface area contributed by atoms with Gasteiger partial charge in [-0.05, 0) is 37.3 Å². The summed E-state index contributed by atoms with van der Waals surface area (Å²) in [5.41, 5.74) is 17.8. The first-order valence-electron chi connectivity index (χ1n) is 13.2. The molecule has 1 aliphatic heterocycles. The molecule has 3 rings (SSSR count). The van der Waals surface area contributed by atoms with Crippen LogP contribution in [-0.4, -0.2) is 93.0 Å². The summed E-state index contributed by atoms with van der Waals surface area (Å²) < 4.78 is 0. The Hall–Kier alpha value is -4.66. The minimum absolute atomic E-state index is 0.0434. The normalized spacial score (nSPS) is 16.9. The number of carbonyl (C=O) groups is 5. The van der Waals surface area contributed by atoms with Crippen LogP contribution in [0.5, 0.6) is 0 Å². The summed E-state index contributed by atoms with van der Waals surface area (Å²) >= 11 is 0. The number of nitrogens with two attached hydrogens (primary N) is 3. The second kappa shape index (κ2) is 14.1. The highest BCUT2D eigenvalue weighted by Crippen LogP contribution is 2.23. The highest BCUT2D eigenvalue weighted by atomic mass is 16.4. The third kappa shape index (κ3) is 8.41. The van der Waals surface area contributed by atoms with E-state index in [0.29, 0.717) is 19.3 Å². The third-order valence-corrected chi connectivity index (χ3v) is 6.84. The molecule has 4 atom stereocenters. The predicted molar refractivity (Wildman–Crippen MR) is 148 cm³/mol. The number of aromatic amines is 1. The first-order valence-corrected chi connectivity index (χ1v) is 13.2. The van der Waals surface area contributed by atoms with Crippen molar-refractivity contribution in [2.45, 2.75) is 62.7 Å². The number of aliphatic imine (C=N–C) groups is 1. The smallest absolute Gasteiger partial charge is 0.326 e. The molecule has 1 aliphatic rings. The molecule has 0 radical (unpaired) electrons. The summed E-state index contributed by atoms with van der Waals surface area (Å²) in [5, 5.41) is 24.5. The summed E-state index contributed by atoms with van der Waals surface area (Å²) in [6.45, 7) is 0.399. The lowest BCUT2D eigenvalue weighted by atomic mass is 10.0. The third-order valence-electron chi connectivity index (χ3n) is 6.84. The van der Waals surface area contributed by atoms with Gasteiger partial charge in [-0.1, -0.05) is 18.2 Å². The van der Waals surface area contributed by atoms with E-state index in [4.69, 9.17) is 22.3 Å². The van der Waals surface area contributed by atoms with E-state index in [2.05, 4.69) is 20.6 Å². The number of benzene rings is 1. The Morgan fingerprint density at radius 3 is 2.51 bits per heavy atom. The molecule has 15 heteroatoms. The number of amides is 3. The Kier molecular flexibility index (Phi) is 10.6. The number of carbonyl (C=O) groups excluding carboxylic acids is 3. The number of fused-ring (bicyclic) bond motifs is 1. The van der Waals surface area contributed by atoms with Crippen molar-refractivity contribution in [2.75, 3.05) is 13.1 Å². The van der Waals surface area contributed by atoms with E-state index < -0.39 is 60.2 Å². The second-order valence-electron chi connectivity index (χ2n) is 9.87. The van der Waals surface area contributed by atoms with Gasteiger partial charge in [0.15, 0.2) is 5.96 Å². The van der Waals surface area contributed by atoms with Gasteiger partial charge in [-0.2, -0.15) is 0 Å². The number of aromatic nitrogens is 1. The second-order valence-corrected chi connectivity index (χ2v) is 9.87. The van der Waals surface area contributed by atoms with Crippen molar-refractivity contribution in [1.29, 1.82) is 0 Å². The fraction of sp³-hybridized carbons (Fsp3) is 0.462. The van der Waals surface area contributed by atoms with Crippen LogP contribution in [0.15, 0.2) is 35.5 Å². The number of likely N-dealkylation sites (tertiary alicyclic amines) is 1. The Bertz CT molecular complexity index is 1310. The minimum atomic E-state index is -1.39. The highest BCUT2D eigenvalue weighted by molar-refractivity contribution is 5.96. The Morgan fingerprint density at radius 2 is 1.83 bits per heavy atom. The maximum atomic E-state index is 13.8. The molecule has 0 bridgehead atoms. The zero-order valence-electron chi connectivity index (χ0n) is 22.4. The number of guanidine groups is 1. The van der Waals surface area contributed by atoms with Gasteiger partial charge in [0.05, 0.1) is 12.5 Å². The molecule has 1 saturated heterocycles. The summed E-state index contributed by atoms with van der Waals surface area (Å²) in [5.74, 6) is -4.66. The minimum Gasteiger partial charge on any atom is -0.481 e. The Labute approximate surface area is 235 Å². The van der Waals surface area contributed by atoms with Crippen molar-refractivity contribution in [3.8, 4) is 0 Å². The Morgan fingerprint density at radius 1 is 1.10 bits per heavy atom. The van der Waals surface area contributed by atoms with Crippen molar-refractivity contribution < 1.29 is 34.2 Å². The van der Waals surface area contributed by atoms with Gasteiger partial charge in [0, 0.05) is 36.6 Å². The Balaban J connectivity index is 1.78. The van der Waals surface area contributed by atoms with Crippen LogP contribution in [0, 0.1) is 0 Å². The van der Waals surface area contributed by atoms with Crippen LogP contribution in [0.3, 0.4) is 0 Å². The quantitative estimate of drug-likeness (QED) is 0.0746. The van der Waals surface area contributed by atoms with E-state index in [1.54, 1.807) is 6.20 Å². The molecular formula is C26H36N8O7. The lowest BCUT2D eigenvalue weighted by Gasteiger charge is -2.30. The van der Waals surface area contributed by atoms with E-state index in [0.717, 1.165) is 16.5 Å². The van der Waals surface area contributed by atoms with E-state index in [-0.39, 0.29) is 31.9 Å². The van der Waals surface area contributed by atoms with Crippen molar-refractivity contribution in [3.63, 3.8) is 0 Å². The maximum absolute atomic E-state index is 13.8. The molecule has 0 aliphatic carbocycles. The summed E-state index contributed by atoms with van der Waals surface area (Å²) in [6.07, 6.45) is 2.28. The van der Waals surface area contributed by atoms with Gasteiger partial charge in [-0.15, -0.1) is 0 Å². The molecule has 0 saturated carbocycles. The number of hydrogen-bond donors (Lipinski definition) is 8. The number of aliphatic carboxylic acids is 2. The van der Waals surface area contributed by atoms with Gasteiger partial charge >= 0.3 is 11.9 Å². The average molecular weight is 573 g/mol. The maximum Gasteiger partial charge on any atom is 0.326 e. The lowest BCUT2D eigenvalue weighted by Crippen LogP contribution is -2.57. The largest absolute Gasteiger partial charge is 0.481 e.